The molecule has 1 amide bonds. The average Bonchev–Trinajstić information content (AvgIpc) is 2.27. The topological polar surface area (TPSA) is 75.3 Å². The monoisotopic (exact) mass is 284 g/mol. The average molecular weight is 284 g/mol. The molecule has 6 heteroatoms. The Morgan fingerprint density at radius 1 is 1.11 bits per heavy atom. The number of carbonyl (C=O) groups is 1. The normalized spacial score (nSPS) is 13.3. The minimum absolute atomic E-state index is 0.0289. The summed E-state index contributed by atoms with van der Waals surface area (Å²) in [4.78, 5) is 11.8. The van der Waals surface area contributed by atoms with Crippen LogP contribution in [-0.4, -0.2) is 26.4 Å². The van der Waals surface area contributed by atoms with Gasteiger partial charge in [0.2, 0.25) is 15.9 Å². The number of hydrogen-bond donors (Lipinski definition) is 2. The highest BCUT2D eigenvalue weighted by atomic mass is 32.2. The van der Waals surface area contributed by atoms with Gasteiger partial charge in [-0.3, -0.25) is 4.79 Å². The van der Waals surface area contributed by atoms with Crippen molar-refractivity contribution in [3.05, 3.63) is 29.8 Å². The molecule has 0 bridgehead atoms. The summed E-state index contributed by atoms with van der Waals surface area (Å²) in [5, 5.41) is 2.66. The maximum atomic E-state index is 12.1. The summed E-state index contributed by atoms with van der Waals surface area (Å²) in [6.45, 7) is 7.03. The Morgan fingerprint density at radius 3 is 2.11 bits per heavy atom. The van der Waals surface area contributed by atoms with Gasteiger partial charge in [-0.2, -0.15) is 4.72 Å². The Hall–Kier alpha value is -1.40. The number of hydrogen-bond acceptors (Lipinski definition) is 3. The third kappa shape index (κ3) is 4.65. The van der Waals surface area contributed by atoms with Gasteiger partial charge in [0.05, 0.1) is 10.9 Å². The molecule has 1 aromatic carbocycles. The number of amides is 1. The van der Waals surface area contributed by atoms with Crippen LogP contribution in [0.2, 0.25) is 0 Å². The van der Waals surface area contributed by atoms with Crippen LogP contribution in [0.5, 0.6) is 0 Å². The number of aryl methyl sites for hydroxylation is 1. The molecule has 0 fully saturated rings. The second-order valence-corrected chi connectivity index (χ2v) is 6.53. The van der Waals surface area contributed by atoms with Crippen LogP contribution in [0.4, 0.5) is 0 Å². The molecule has 0 saturated heterocycles. The van der Waals surface area contributed by atoms with Gasteiger partial charge in [-0.05, 0) is 39.8 Å². The van der Waals surface area contributed by atoms with E-state index in [1.807, 2.05) is 20.8 Å². The van der Waals surface area contributed by atoms with Gasteiger partial charge in [0.1, 0.15) is 0 Å². The first-order chi connectivity index (χ1) is 8.72. The van der Waals surface area contributed by atoms with Crippen molar-refractivity contribution < 1.29 is 13.2 Å². The van der Waals surface area contributed by atoms with E-state index in [9.17, 15) is 13.2 Å². The lowest BCUT2D eigenvalue weighted by Gasteiger charge is -2.16. The van der Waals surface area contributed by atoms with E-state index in [0.29, 0.717) is 0 Å². The molecule has 0 spiro atoms. The molecule has 0 aliphatic carbocycles. The number of benzene rings is 1. The molecule has 0 aliphatic rings. The predicted octanol–water partition coefficient (Wildman–Crippen LogP) is 1.19. The van der Waals surface area contributed by atoms with Crippen molar-refractivity contribution >= 4 is 15.9 Å². The van der Waals surface area contributed by atoms with Crippen molar-refractivity contribution in [3.8, 4) is 0 Å². The first kappa shape index (κ1) is 15.7. The van der Waals surface area contributed by atoms with E-state index in [-0.39, 0.29) is 16.8 Å². The van der Waals surface area contributed by atoms with Crippen LogP contribution in [0.1, 0.15) is 26.3 Å². The first-order valence-corrected chi connectivity index (χ1v) is 7.60. The molecule has 5 nitrogen and oxygen atoms in total. The van der Waals surface area contributed by atoms with E-state index in [0.717, 1.165) is 5.56 Å². The molecule has 0 aromatic heterocycles. The molecule has 1 rings (SSSR count). The third-order valence-electron chi connectivity index (χ3n) is 2.49. The Morgan fingerprint density at radius 2 is 1.63 bits per heavy atom. The Kier molecular flexibility index (Phi) is 5.08. The summed E-state index contributed by atoms with van der Waals surface area (Å²) in [7, 11) is -3.67. The van der Waals surface area contributed by atoms with Crippen LogP contribution in [0.3, 0.4) is 0 Å². The highest BCUT2D eigenvalue weighted by molar-refractivity contribution is 7.89. The fourth-order valence-electron chi connectivity index (χ4n) is 1.48. The zero-order valence-corrected chi connectivity index (χ0v) is 12.4. The minimum atomic E-state index is -3.67. The second-order valence-electron chi connectivity index (χ2n) is 4.82. The van der Waals surface area contributed by atoms with E-state index in [1.165, 1.54) is 19.1 Å². The number of nitrogens with one attached hydrogen (secondary N) is 2. The summed E-state index contributed by atoms with van der Waals surface area (Å²) in [5.74, 6) is -0.342. The van der Waals surface area contributed by atoms with Gasteiger partial charge in [0, 0.05) is 6.04 Å². The highest BCUT2D eigenvalue weighted by Gasteiger charge is 2.22. The Bertz CT molecular complexity index is 536. The van der Waals surface area contributed by atoms with Crippen molar-refractivity contribution in [2.24, 2.45) is 0 Å². The minimum Gasteiger partial charge on any atom is -0.353 e. The van der Waals surface area contributed by atoms with Gasteiger partial charge >= 0.3 is 0 Å². The van der Waals surface area contributed by atoms with Gasteiger partial charge in [-0.15, -0.1) is 0 Å². The molecule has 1 unspecified atom stereocenters. The van der Waals surface area contributed by atoms with Crippen LogP contribution >= 0.6 is 0 Å². The standard InChI is InChI=1S/C13H20N2O3S/c1-9(2)14-13(16)11(4)15-19(17,18)12-7-5-10(3)6-8-12/h5-9,11,15H,1-4H3,(H,14,16). The van der Waals surface area contributed by atoms with Crippen LogP contribution in [0.25, 0.3) is 0 Å². The molecule has 106 valence electrons. The van der Waals surface area contributed by atoms with Crippen molar-refractivity contribution in [1.82, 2.24) is 10.0 Å². The number of rotatable bonds is 5. The van der Waals surface area contributed by atoms with E-state index in [4.69, 9.17) is 0 Å². The van der Waals surface area contributed by atoms with Gasteiger partial charge in [-0.25, -0.2) is 8.42 Å². The van der Waals surface area contributed by atoms with Crippen LogP contribution < -0.4 is 10.0 Å². The SMILES string of the molecule is Cc1ccc(S(=O)(=O)NC(C)C(=O)NC(C)C)cc1. The molecule has 1 aromatic rings. The fraction of sp³-hybridized carbons (Fsp3) is 0.462. The molecule has 0 saturated carbocycles. The van der Waals surface area contributed by atoms with Crippen LogP contribution in [0, 0.1) is 6.92 Å². The van der Waals surface area contributed by atoms with E-state index >= 15 is 0 Å². The third-order valence-corrected chi connectivity index (χ3v) is 4.04. The molecule has 2 N–H and O–H groups in total. The van der Waals surface area contributed by atoms with E-state index in [2.05, 4.69) is 10.0 Å². The second kappa shape index (κ2) is 6.16. The molecule has 19 heavy (non-hydrogen) atoms. The Balaban J connectivity index is 2.80. The van der Waals surface area contributed by atoms with Gasteiger partial charge in [0.25, 0.3) is 0 Å². The summed E-state index contributed by atoms with van der Waals surface area (Å²) >= 11 is 0. The van der Waals surface area contributed by atoms with E-state index in [1.54, 1.807) is 12.1 Å². The highest BCUT2D eigenvalue weighted by Crippen LogP contribution is 2.10. The summed E-state index contributed by atoms with van der Waals surface area (Å²) in [5.41, 5.74) is 0.976. The zero-order chi connectivity index (χ0) is 14.6. The number of carbonyl (C=O) groups excluding carboxylic acids is 1. The van der Waals surface area contributed by atoms with Crippen molar-refractivity contribution in [2.75, 3.05) is 0 Å². The fourth-order valence-corrected chi connectivity index (χ4v) is 2.68. The van der Waals surface area contributed by atoms with Gasteiger partial charge < -0.3 is 5.32 Å². The van der Waals surface area contributed by atoms with Crippen molar-refractivity contribution in [1.29, 1.82) is 0 Å². The van der Waals surface area contributed by atoms with Gasteiger partial charge in [0.15, 0.2) is 0 Å². The summed E-state index contributed by atoms with van der Waals surface area (Å²) in [6, 6.07) is 5.63. The first-order valence-electron chi connectivity index (χ1n) is 6.12. The van der Waals surface area contributed by atoms with Crippen molar-refractivity contribution in [2.45, 2.75) is 44.7 Å². The quantitative estimate of drug-likeness (QED) is 0.852. The predicted molar refractivity (Wildman–Crippen MR) is 74.2 cm³/mol. The summed E-state index contributed by atoms with van der Waals surface area (Å²) in [6.07, 6.45) is 0. The molecular formula is C13H20N2O3S. The maximum Gasteiger partial charge on any atom is 0.241 e. The van der Waals surface area contributed by atoms with Gasteiger partial charge in [-0.1, -0.05) is 17.7 Å². The van der Waals surface area contributed by atoms with Crippen LogP contribution in [0.15, 0.2) is 29.2 Å². The van der Waals surface area contributed by atoms with Crippen molar-refractivity contribution in [3.63, 3.8) is 0 Å². The largest absolute Gasteiger partial charge is 0.353 e. The maximum absolute atomic E-state index is 12.1. The molecular weight excluding hydrogens is 264 g/mol. The lowest BCUT2D eigenvalue weighted by molar-refractivity contribution is -0.122. The van der Waals surface area contributed by atoms with E-state index < -0.39 is 16.1 Å². The molecule has 0 aliphatic heterocycles. The van der Waals surface area contributed by atoms with Crippen LogP contribution in [-0.2, 0) is 14.8 Å². The lowest BCUT2D eigenvalue weighted by atomic mass is 10.2. The Labute approximate surface area is 114 Å². The molecule has 1 atom stereocenters. The smallest absolute Gasteiger partial charge is 0.241 e. The summed E-state index contributed by atoms with van der Waals surface area (Å²) < 4.78 is 26.5. The molecule has 0 radical (unpaired) electrons. The zero-order valence-electron chi connectivity index (χ0n) is 11.6. The lowest BCUT2D eigenvalue weighted by Crippen LogP contribution is -2.46. The molecule has 0 heterocycles. The number of sulfonamides is 1.